The van der Waals surface area contributed by atoms with Crippen molar-refractivity contribution in [1.29, 1.82) is 0 Å². The molecule has 5 atom stereocenters. The average Bonchev–Trinajstić information content (AvgIpc) is 2.96. The van der Waals surface area contributed by atoms with Crippen LogP contribution >= 0.6 is 0 Å². The third-order valence-electron chi connectivity index (χ3n) is 5.97. The van der Waals surface area contributed by atoms with Crippen LogP contribution in [-0.4, -0.2) is 24.7 Å². The maximum atomic E-state index is 4.09. The fourth-order valence-corrected chi connectivity index (χ4v) is 4.76. The van der Waals surface area contributed by atoms with Crippen molar-refractivity contribution in [3.63, 3.8) is 0 Å². The largest absolute Gasteiger partial charge is 0.314 e. The van der Waals surface area contributed by atoms with Gasteiger partial charge < -0.3 is 10.6 Å². The van der Waals surface area contributed by atoms with E-state index in [0.717, 1.165) is 30.0 Å². The summed E-state index contributed by atoms with van der Waals surface area (Å²) in [5.74, 6) is 1.80. The van der Waals surface area contributed by atoms with Gasteiger partial charge in [-0.2, -0.15) is 0 Å². The van der Waals surface area contributed by atoms with Crippen LogP contribution in [0.2, 0.25) is 0 Å². The van der Waals surface area contributed by atoms with Crippen LogP contribution in [0.3, 0.4) is 0 Å². The van der Waals surface area contributed by atoms with Crippen molar-refractivity contribution >= 4 is 0 Å². The first-order chi connectivity index (χ1) is 9.34. The summed E-state index contributed by atoms with van der Waals surface area (Å²) >= 11 is 0. The number of hydrogen-bond donors (Lipinski definition) is 2. The van der Waals surface area contributed by atoms with Crippen LogP contribution in [-0.2, 0) is 0 Å². The minimum Gasteiger partial charge on any atom is -0.314 e. The third kappa shape index (κ3) is 3.33. The first-order valence-corrected chi connectivity index (χ1v) is 8.84. The molecule has 3 aliphatic rings. The molecule has 0 aromatic rings. The summed E-state index contributed by atoms with van der Waals surface area (Å²) in [6.45, 7) is 3.72. The third-order valence-corrected chi connectivity index (χ3v) is 5.97. The molecule has 0 radical (unpaired) electrons. The monoisotopic (exact) mass is 264 g/mol. The summed E-state index contributed by atoms with van der Waals surface area (Å²) in [5, 5.41) is 7.86. The lowest BCUT2D eigenvalue weighted by Gasteiger charge is -2.41. The fourth-order valence-electron chi connectivity index (χ4n) is 4.76. The van der Waals surface area contributed by atoms with E-state index < -0.39 is 0 Å². The van der Waals surface area contributed by atoms with Gasteiger partial charge in [0.25, 0.3) is 0 Å². The summed E-state index contributed by atoms with van der Waals surface area (Å²) in [6, 6.07) is 2.42. The lowest BCUT2D eigenvalue weighted by atomic mass is 9.77. The Balaban J connectivity index is 1.59. The quantitative estimate of drug-likeness (QED) is 0.815. The van der Waals surface area contributed by atoms with E-state index in [0.29, 0.717) is 0 Å². The van der Waals surface area contributed by atoms with Gasteiger partial charge in [-0.1, -0.05) is 32.6 Å². The van der Waals surface area contributed by atoms with Crippen LogP contribution in [0, 0.1) is 11.8 Å². The molecule has 19 heavy (non-hydrogen) atoms. The Labute approximate surface area is 119 Å². The van der Waals surface area contributed by atoms with Crippen molar-refractivity contribution in [3.05, 3.63) is 0 Å². The SMILES string of the molecule is CC1CCCCC1NC1CCCCC1C1CCCN1. The molecule has 2 heteroatoms. The van der Waals surface area contributed by atoms with Crippen molar-refractivity contribution < 1.29 is 0 Å². The van der Waals surface area contributed by atoms with Crippen molar-refractivity contribution in [2.75, 3.05) is 6.54 Å². The molecule has 0 amide bonds. The van der Waals surface area contributed by atoms with E-state index in [1.165, 1.54) is 70.8 Å². The van der Waals surface area contributed by atoms with Crippen LogP contribution in [0.1, 0.15) is 71.1 Å². The predicted molar refractivity (Wildman–Crippen MR) is 81.3 cm³/mol. The van der Waals surface area contributed by atoms with Gasteiger partial charge in [-0.05, 0) is 56.9 Å². The van der Waals surface area contributed by atoms with Crippen molar-refractivity contribution in [2.45, 2.75) is 89.3 Å². The predicted octanol–water partition coefficient (Wildman–Crippen LogP) is 3.47. The van der Waals surface area contributed by atoms with E-state index in [2.05, 4.69) is 17.6 Å². The Morgan fingerprint density at radius 3 is 2.26 bits per heavy atom. The lowest BCUT2D eigenvalue weighted by Crippen LogP contribution is -2.52. The molecule has 5 unspecified atom stereocenters. The van der Waals surface area contributed by atoms with Crippen LogP contribution in [0.4, 0.5) is 0 Å². The second kappa shape index (κ2) is 6.58. The second-order valence-corrected chi connectivity index (χ2v) is 7.29. The Kier molecular flexibility index (Phi) is 4.81. The molecule has 2 N–H and O–H groups in total. The summed E-state index contributed by atoms with van der Waals surface area (Å²) in [5.41, 5.74) is 0. The fraction of sp³-hybridized carbons (Fsp3) is 1.00. The molecule has 1 heterocycles. The normalized spacial score (nSPS) is 44.4. The zero-order chi connectivity index (χ0) is 13.1. The zero-order valence-corrected chi connectivity index (χ0v) is 12.7. The molecule has 1 saturated heterocycles. The maximum absolute atomic E-state index is 4.09. The lowest BCUT2D eigenvalue weighted by molar-refractivity contribution is 0.167. The standard InChI is InChI=1S/C17H32N2/c1-13-7-2-4-9-15(13)19-17-10-5-3-8-14(17)16-11-6-12-18-16/h13-19H,2-12H2,1H3. The number of hydrogen-bond acceptors (Lipinski definition) is 2. The van der Waals surface area contributed by atoms with Gasteiger partial charge in [-0.3, -0.25) is 0 Å². The van der Waals surface area contributed by atoms with E-state index in [4.69, 9.17) is 0 Å². The molecule has 2 saturated carbocycles. The molecule has 0 aromatic heterocycles. The molecular formula is C17H32N2. The van der Waals surface area contributed by atoms with Gasteiger partial charge in [0.05, 0.1) is 0 Å². The molecule has 2 nitrogen and oxygen atoms in total. The van der Waals surface area contributed by atoms with Crippen LogP contribution < -0.4 is 10.6 Å². The Morgan fingerprint density at radius 2 is 1.53 bits per heavy atom. The van der Waals surface area contributed by atoms with Gasteiger partial charge in [-0.25, -0.2) is 0 Å². The highest BCUT2D eigenvalue weighted by Gasteiger charge is 2.35. The number of rotatable bonds is 3. The highest BCUT2D eigenvalue weighted by molar-refractivity contribution is 4.93. The Morgan fingerprint density at radius 1 is 0.789 bits per heavy atom. The number of nitrogens with one attached hydrogen (secondary N) is 2. The highest BCUT2D eigenvalue weighted by atomic mass is 15.0. The summed E-state index contributed by atoms with van der Waals surface area (Å²) < 4.78 is 0. The van der Waals surface area contributed by atoms with Crippen molar-refractivity contribution in [3.8, 4) is 0 Å². The van der Waals surface area contributed by atoms with E-state index in [1.54, 1.807) is 0 Å². The first-order valence-electron chi connectivity index (χ1n) is 8.84. The van der Waals surface area contributed by atoms with Crippen LogP contribution in [0.15, 0.2) is 0 Å². The molecule has 0 bridgehead atoms. The summed E-state index contributed by atoms with van der Waals surface area (Å²) in [7, 11) is 0. The molecular weight excluding hydrogens is 232 g/mol. The molecule has 110 valence electrons. The van der Waals surface area contributed by atoms with Gasteiger partial charge in [0.2, 0.25) is 0 Å². The topological polar surface area (TPSA) is 24.1 Å². The Hall–Kier alpha value is -0.0800. The molecule has 3 rings (SSSR count). The highest BCUT2D eigenvalue weighted by Crippen LogP contribution is 2.33. The van der Waals surface area contributed by atoms with Gasteiger partial charge >= 0.3 is 0 Å². The maximum Gasteiger partial charge on any atom is 0.0113 e. The summed E-state index contributed by atoms with van der Waals surface area (Å²) in [6.07, 6.45) is 14.4. The van der Waals surface area contributed by atoms with Crippen molar-refractivity contribution in [2.24, 2.45) is 11.8 Å². The first kappa shape index (κ1) is 13.9. The van der Waals surface area contributed by atoms with Gasteiger partial charge in [-0.15, -0.1) is 0 Å². The van der Waals surface area contributed by atoms with Crippen molar-refractivity contribution in [1.82, 2.24) is 10.6 Å². The Bertz CT molecular complexity index is 272. The van der Waals surface area contributed by atoms with Crippen LogP contribution in [0.25, 0.3) is 0 Å². The van der Waals surface area contributed by atoms with Crippen LogP contribution in [0.5, 0.6) is 0 Å². The molecule has 1 aliphatic heterocycles. The minimum absolute atomic E-state index is 0.801. The minimum atomic E-state index is 0.801. The van der Waals surface area contributed by atoms with E-state index in [9.17, 15) is 0 Å². The van der Waals surface area contributed by atoms with E-state index in [1.807, 2.05) is 0 Å². The molecule has 0 spiro atoms. The molecule has 0 aromatic carbocycles. The van der Waals surface area contributed by atoms with Gasteiger partial charge in [0.1, 0.15) is 0 Å². The second-order valence-electron chi connectivity index (χ2n) is 7.29. The molecule has 3 fully saturated rings. The van der Waals surface area contributed by atoms with E-state index >= 15 is 0 Å². The zero-order valence-electron chi connectivity index (χ0n) is 12.7. The molecule has 2 aliphatic carbocycles. The summed E-state index contributed by atoms with van der Waals surface area (Å²) in [4.78, 5) is 0. The average molecular weight is 264 g/mol. The smallest absolute Gasteiger partial charge is 0.0113 e. The van der Waals surface area contributed by atoms with Gasteiger partial charge in [0, 0.05) is 18.1 Å². The van der Waals surface area contributed by atoms with Gasteiger partial charge in [0.15, 0.2) is 0 Å². The van der Waals surface area contributed by atoms with E-state index in [-0.39, 0.29) is 0 Å².